The van der Waals surface area contributed by atoms with Gasteiger partial charge in [0.25, 0.3) is 0 Å². The quantitative estimate of drug-likeness (QED) is 0.856. The van der Waals surface area contributed by atoms with Crippen molar-refractivity contribution >= 4 is 11.9 Å². The Labute approximate surface area is 134 Å². The van der Waals surface area contributed by atoms with Gasteiger partial charge in [0, 0.05) is 45.1 Å². The van der Waals surface area contributed by atoms with Crippen LogP contribution >= 0.6 is 0 Å². The summed E-state index contributed by atoms with van der Waals surface area (Å²) in [6.45, 7) is 4.03. The summed E-state index contributed by atoms with van der Waals surface area (Å²) < 4.78 is 37.8. The van der Waals surface area contributed by atoms with Gasteiger partial charge in [0.15, 0.2) is 0 Å². The first kappa shape index (κ1) is 17.9. The van der Waals surface area contributed by atoms with Crippen LogP contribution in [-0.2, 0) is 4.79 Å². The third kappa shape index (κ3) is 4.75. The van der Waals surface area contributed by atoms with Crippen molar-refractivity contribution in [3.05, 3.63) is 0 Å². The summed E-state index contributed by atoms with van der Waals surface area (Å²) >= 11 is 0. The van der Waals surface area contributed by atoms with Crippen LogP contribution < -0.4 is 5.32 Å². The van der Waals surface area contributed by atoms with Crippen molar-refractivity contribution in [1.29, 1.82) is 0 Å². The fourth-order valence-electron chi connectivity index (χ4n) is 3.23. The van der Waals surface area contributed by atoms with Gasteiger partial charge in [0.05, 0.1) is 5.92 Å². The van der Waals surface area contributed by atoms with Crippen LogP contribution in [0.3, 0.4) is 0 Å². The van der Waals surface area contributed by atoms with Crippen LogP contribution in [0, 0.1) is 11.8 Å². The van der Waals surface area contributed by atoms with Gasteiger partial charge < -0.3 is 15.1 Å². The highest BCUT2D eigenvalue weighted by molar-refractivity contribution is 5.79. The molecule has 132 valence electrons. The molecule has 0 aliphatic carbocycles. The van der Waals surface area contributed by atoms with E-state index in [0.717, 1.165) is 13.0 Å². The number of nitrogens with zero attached hydrogens (tertiary/aromatic N) is 2. The first-order valence-corrected chi connectivity index (χ1v) is 8.18. The molecule has 2 aliphatic heterocycles. The molecule has 3 amide bonds. The topological polar surface area (TPSA) is 52.7 Å². The molecule has 0 spiro atoms. The highest BCUT2D eigenvalue weighted by Crippen LogP contribution is 2.34. The van der Waals surface area contributed by atoms with E-state index < -0.39 is 12.1 Å². The van der Waals surface area contributed by atoms with E-state index in [1.807, 2.05) is 6.92 Å². The Bertz CT molecular complexity index is 434. The summed E-state index contributed by atoms with van der Waals surface area (Å²) in [4.78, 5) is 27.0. The minimum atomic E-state index is -4.17. The fraction of sp³-hybridized carbons (Fsp3) is 0.867. The first-order valence-electron chi connectivity index (χ1n) is 8.18. The number of urea groups is 1. The SMILES string of the molecule is CCCN1CC(CNC(=O)N2CCC(C(F)(F)F)CC2)CC1=O. The Kier molecular flexibility index (Phi) is 5.75. The summed E-state index contributed by atoms with van der Waals surface area (Å²) in [5.41, 5.74) is 0. The molecule has 0 saturated carbocycles. The maximum absolute atomic E-state index is 12.6. The van der Waals surface area contributed by atoms with Crippen LogP contribution in [0.25, 0.3) is 0 Å². The number of carbonyl (C=O) groups is 2. The van der Waals surface area contributed by atoms with Gasteiger partial charge in [0.1, 0.15) is 0 Å². The molecule has 1 atom stereocenters. The zero-order chi connectivity index (χ0) is 17.0. The number of likely N-dealkylation sites (tertiary alicyclic amines) is 2. The molecular formula is C15H24F3N3O2. The molecule has 1 N–H and O–H groups in total. The molecule has 23 heavy (non-hydrogen) atoms. The maximum Gasteiger partial charge on any atom is 0.391 e. The van der Waals surface area contributed by atoms with Gasteiger partial charge in [-0.15, -0.1) is 0 Å². The van der Waals surface area contributed by atoms with Gasteiger partial charge in [0.2, 0.25) is 5.91 Å². The molecule has 8 heteroatoms. The van der Waals surface area contributed by atoms with Gasteiger partial charge in [-0.05, 0) is 19.3 Å². The summed E-state index contributed by atoms with van der Waals surface area (Å²) in [7, 11) is 0. The molecule has 0 bridgehead atoms. The van der Waals surface area contributed by atoms with E-state index in [1.165, 1.54) is 4.90 Å². The first-order chi connectivity index (χ1) is 10.8. The lowest BCUT2D eigenvalue weighted by Crippen LogP contribution is -2.47. The smallest absolute Gasteiger partial charge is 0.342 e. The Morgan fingerprint density at radius 1 is 1.30 bits per heavy atom. The molecule has 2 fully saturated rings. The van der Waals surface area contributed by atoms with Crippen molar-refractivity contribution in [3.63, 3.8) is 0 Å². The molecule has 0 aromatic carbocycles. The van der Waals surface area contributed by atoms with Crippen LogP contribution in [-0.4, -0.2) is 60.6 Å². The van der Waals surface area contributed by atoms with Crippen molar-refractivity contribution in [2.45, 2.75) is 38.8 Å². The predicted octanol–water partition coefficient (Wildman–Crippen LogP) is 2.23. The molecule has 0 radical (unpaired) electrons. The normalized spacial score (nSPS) is 23.5. The Hall–Kier alpha value is -1.47. The maximum atomic E-state index is 12.6. The van der Waals surface area contributed by atoms with Crippen LogP contribution in [0.5, 0.6) is 0 Å². The van der Waals surface area contributed by atoms with E-state index in [1.54, 1.807) is 4.90 Å². The molecule has 0 aromatic rings. The number of alkyl halides is 3. The monoisotopic (exact) mass is 335 g/mol. The van der Waals surface area contributed by atoms with E-state index in [9.17, 15) is 22.8 Å². The van der Waals surface area contributed by atoms with Crippen molar-refractivity contribution < 1.29 is 22.8 Å². The Morgan fingerprint density at radius 3 is 2.52 bits per heavy atom. The molecule has 2 rings (SSSR count). The number of hydrogen-bond donors (Lipinski definition) is 1. The van der Waals surface area contributed by atoms with Gasteiger partial charge in [-0.2, -0.15) is 13.2 Å². The van der Waals surface area contributed by atoms with Crippen LogP contribution in [0.4, 0.5) is 18.0 Å². The summed E-state index contributed by atoms with van der Waals surface area (Å²) in [6, 6.07) is -0.327. The predicted molar refractivity (Wildman–Crippen MR) is 78.7 cm³/mol. The number of carbonyl (C=O) groups excluding carboxylic acids is 2. The summed E-state index contributed by atoms with van der Waals surface area (Å²) in [5, 5.41) is 2.76. The number of rotatable bonds is 4. The Balaban J connectivity index is 1.71. The highest BCUT2D eigenvalue weighted by atomic mass is 19.4. The number of hydrogen-bond acceptors (Lipinski definition) is 2. The van der Waals surface area contributed by atoms with Crippen molar-refractivity contribution in [2.75, 3.05) is 32.7 Å². The third-order valence-corrected chi connectivity index (χ3v) is 4.58. The second kappa shape index (κ2) is 7.40. The van der Waals surface area contributed by atoms with Crippen molar-refractivity contribution in [1.82, 2.24) is 15.1 Å². The zero-order valence-corrected chi connectivity index (χ0v) is 13.4. The summed E-state index contributed by atoms with van der Waals surface area (Å²) in [5.74, 6) is -1.11. The third-order valence-electron chi connectivity index (χ3n) is 4.58. The van der Waals surface area contributed by atoms with E-state index in [4.69, 9.17) is 0 Å². The van der Waals surface area contributed by atoms with Crippen LogP contribution in [0.15, 0.2) is 0 Å². The number of nitrogens with one attached hydrogen (secondary N) is 1. The van der Waals surface area contributed by atoms with Gasteiger partial charge in [-0.1, -0.05) is 6.92 Å². The second-order valence-electron chi connectivity index (χ2n) is 6.40. The lowest BCUT2D eigenvalue weighted by atomic mass is 9.96. The van der Waals surface area contributed by atoms with Crippen LogP contribution in [0.2, 0.25) is 0 Å². The second-order valence-corrected chi connectivity index (χ2v) is 6.40. The molecule has 2 aliphatic rings. The lowest BCUT2D eigenvalue weighted by Gasteiger charge is -2.33. The average molecular weight is 335 g/mol. The molecule has 0 aromatic heterocycles. The van der Waals surface area contributed by atoms with Crippen molar-refractivity contribution in [3.8, 4) is 0 Å². The lowest BCUT2D eigenvalue weighted by molar-refractivity contribution is -0.183. The molecule has 5 nitrogen and oxygen atoms in total. The number of halogens is 3. The minimum absolute atomic E-state index is 0.0386. The highest BCUT2D eigenvalue weighted by Gasteiger charge is 2.41. The molecule has 1 unspecified atom stereocenters. The van der Waals surface area contributed by atoms with Gasteiger partial charge in [-0.3, -0.25) is 4.79 Å². The molecule has 2 heterocycles. The van der Waals surface area contributed by atoms with E-state index in [-0.39, 0.29) is 43.8 Å². The molecular weight excluding hydrogens is 311 g/mol. The average Bonchev–Trinajstić information content (AvgIpc) is 2.85. The van der Waals surface area contributed by atoms with E-state index in [0.29, 0.717) is 19.5 Å². The molecule has 2 saturated heterocycles. The van der Waals surface area contributed by atoms with E-state index in [2.05, 4.69) is 5.32 Å². The van der Waals surface area contributed by atoms with E-state index >= 15 is 0 Å². The van der Waals surface area contributed by atoms with Crippen LogP contribution in [0.1, 0.15) is 32.6 Å². The zero-order valence-electron chi connectivity index (χ0n) is 13.4. The standard InChI is InChI=1S/C15H24F3N3O2/c1-2-5-21-10-11(8-13(21)22)9-19-14(23)20-6-3-12(4-7-20)15(16,17)18/h11-12H,2-10H2,1H3,(H,19,23). The Morgan fingerprint density at radius 2 is 1.96 bits per heavy atom. The number of amides is 3. The number of piperidine rings is 1. The fourth-order valence-corrected chi connectivity index (χ4v) is 3.23. The largest absolute Gasteiger partial charge is 0.391 e. The van der Waals surface area contributed by atoms with Crippen molar-refractivity contribution in [2.24, 2.45) is 11.8 Å². The van der Waals surface area contributed by atoms with Gasteiger partial charge in [-0.25, -0.2) is 4.79 Å². The van der Waals surface area contributed by atoms with Gasteiger partial charge >= 0.3 is 12.2 Å². The summed E-state index contributed by atoms with van der Waals surface area (Å²) in [6.07, 6.45) is -2.92. The minimum Gasteiger partial charge on any atom is -0.342 e.